The van der Waals surface area contributed by atoms with Gasteiger partial charge in [-0.1, -0.05) is 42.0 Å². The molecule has 4 aromatic rings. The number of likely N-dealkylation sites (tertiary alicyclic amines) is 1. The third-order valence-electron chi connectivity index (χ3n) is 5.95. The lowest BCUT2D eigenvalue weighted by Gasteiger charge is -2.30. The molecule has 1 aliphatic heterocycles. The van der Waals surface area contributed by atoms with Crippen LogP contribution in [0.3, 0.4) is 0 Å². The lowest BCUT2D eigenvalue weighted by atomic mass is 10.1. The maximum Gasteiger partial charge on any atom is 0.407 e. The van der Waals surface area contributed by atoms with Crippen LogP contribution >= 0.6 is 11.6 Å². The molecule has 1 amide bonds. The number of aromatic nitrogens is 4. The fraction of sp³-hybridized carbons (Fsp3) is 0.208. The van der Waals surface area contributed by atoms with E-state index in [9.17, 15) is 4.79 Å². The van der Waals surface area contributed by atoms with Crippen LogP contribution in [0.25, 0.3) is 34.3 Å². The number of halogens is 1. The molecule has 0 spiro atoms. The van der Waals surface area contributed by atoms with Gasteiger partial charge in [-0.15, -0.1) is 0 Å². The summed E-state index contributed by atoms with van der Waals surface area (Å²) in [6.07, 6.45) is 12.4. The molecule has 0 unspecified atom stereocenters. The molecule has 4 heterocycles. The highest BCUT2D eigenvalue weighted by atomic mass is 35.5. The van der Waals surface area contributed by atoms with Gasteiger partial charge in [-0.2, -0.15) is 5.10 Å². The van der Waals surface area contributed by atoms with Crippen LogP contribution < -0.4 is 0 Å². The number of hydrogen-bond acceptors (Lipinski definition) is 3. The van der Waals surface area contributed by atoms with E-state index in [-0.39, 0.29) is 6.04 Å². The highest BCUT2D eigenvalue weighted by Crippen LogP contribution is 2.28. The molecule has 0 atom stereocenters. The van der Waals surface area contributed by atoms with Crippen molar-refractivity contribution in [2.45, 2.75) is 18.9 Å². The summed E-state index contributed by atoms with van der Waals surface area (Å²) in [5, 5.41) is 15.4. The van der Waals surface area contributed by atoms with Gasteiger partial charge in [0.05, 0.1) is 12.2 Å². The highest BCUT2D eigenvalue weighted by molar-refractivity contribution is 6.32. The number of rotatable bonds is 4. The smallest absolute Gasteiger partial charge is 0.407 e. The summed E-state index contributed by atoms with van der Waals surface area (Å²) in [5.41, 5.74) is 4.78. The molecule has 2 N–H and O–H groups in total. The van der Waals surface area contributed by atoms with E-state index < -0.39 is 6.09 Å². The topological polar surface area (TPSA) is 87.0 Å². The van der Waals surface area contributed by atoms with E-state index in [0.717, 1.165) is 46.1 Å². The maximum absolute atomic E-state index is 11.1. The molecule has 1 fully saturated rings. The maximum atomic E-state index is 11.1. The normalized spacial score (nSPS) is 15.1. The Labute approximate surface area is 190 Å². The first-order valence-corrected chi connectivity index (χ1v) is 10.9. The number of amides is 1. The Kier molecular flexibility index (Phi) is 5.41. The number of piperidine rings is 1. The number of aromatic amines is 1. The van der Waals surface area contributed by atoms with Crippen molar-refractivity contribution in [1.29, 1.82) is 0 Å². The SMILES string of the molecule is O=C(O)N1CCC(n2cc(-c3cnc4[nH]cc(C=Cc5ccccc5Cl)c4c3)cn2)CC1. The minimum absolute atomic E-state index is 0.206. The molecule has 0 saturated carbocycles. The van der Waals surface area contributed by atoms with Crippen LogP contribution in [0.2, 0.25) is 5.02 Å². The van der Waals surface area contributed by atoms with Gasteiger partial charge in [-0.25, -0.2) is 9.78 Å². The van der Waals surface area contributed by atoms with Crippen molar-refractivity contribution in [3.8, 4) is 11.1 Å². The standard InChI is InChI=1S/C24H22ClN5O2/c25-22-4-2-1-3-16(22)5-6-17-12-26-23-21(17)11-18(13-27-23)19-14-28-30(15-19)20-7-9-29(10-8-20)24(31)32/h1-6,11-15,20H,7-10H2,(H,26,27)(H,31,32). The van der Waals surface area contributed by atoms with Crippen LogP contribution in [0, 0.1) is 0 Å². The van der Waals surface area contributed by atoms with Crippen LogP contribution in [0.5, 0.6) is 0 Å². The molecular weight excluding hydrogens is 426 g/mol. The van der Waals surface area contributed by atoms with Crippen molar-refractivity contribution in [3.63, 3.8) is 0 Å². The van der Waals surface area contributed by atoms with Crippen molar-refractivity contribution in [2.75, 3.05) is 13.1 Å². The molecule has 0 radical (unpaired) electrons. The number of H-pyrrole nitrogens is 1. The summed E-state index contributed by atoms with van der Waals surface area (Å²) in [6.45, 7) is 1.07. The molecular formula is C24H22ClN5O2. The van der Waals surface area contributed by atoms with Gasteiger partial charge in [0.15, 0.2) is 0 Å². The van der Waals surface area contributed by atoms with Crippen molar-refractivity contribution in [3.05, 3.63) is 71.3 Å². The van der Waals surface area contributed by atoms with Gasteiger partial charge in [0.1, 0.15) is 5.65 Å². The third kappa shape index (κ3) is 3.99. The first-order valence-electron chi connectivity index (χ1n) is 10.5. The number of carbonyl (C=O) groups is 1. The van der Waals surface area contributed by atoms with Gasteiger partial charge >= 0.3 is 6.09 Å². The summed E-state index contributed by atoms with van der Waals surface area (Å²) >= 11 is 6.27. The Morgan fingerprint density at radius 1 is 1.12 bits per heavy atom. The van der Waals surface area contributed by atoms with E-state index in [4.69, 9.17) is 16.7 Å². The number of pyridine rings is 1. The Morgan fingerprint density at radius 2 is 1.91 bits per heavy atom. The molecule has 32 heavy (non-hydrogen) atoms. The van der Waals surface area contributed by atoms with E-state index in [1.165, 1.54) is 4.90 Å². The number of carboxylic acid groups (broad SMARTS) is 1. The second-order valence-electron chi connectivity index (χ2n) is 7.93. The zero-order chi connectivity index (χ0) is 22.1. The summed E-state index contributed by atoms with van der Waals surface area (Å²) in [7, 11) is 0. The first kappa shape index (κ1) is 20.3. The van der Waals surface area contributed by atoms with Crippen LogP contribution in [0.15, 0.2) is 55.1 Å². The van der Waals surface area contributed by atoms with E-state index in [1.54, 1.807) is 0 Å². The number of nitrogens with one attached hydrogen (secondary N) is 1. The largest absolute Gasteiger partial charge is 0.465 e. The van der Waals surface area contributed by atoms with Crippen LogP contribution in [0.1, 0.15) is 30.0 Å². The molecule has 1 aliphatic rings. The summed E-state index contributed by atoms with van der Waals surface area (Å²) < 4.78 is 1.95. The summed E-state index contributed by atoms with van der Waals surface area (Å²) in [5.74, 6) is 0. The molecule has 5 rings (SSSR count). The van der Waals surface area contributed by atoms with E-state index in [2.05, 4.69) is 21.1 Å². The second kappa shape index (κ2) is 8.51. The van der Waals surface area contributed by atoms with Crippen molar-refractivity contribution < 1.29 is 9.90 Å². The van der Waals surface area contributed by atoms with Gasteiger partial charge in [-0.3, -0.25) is 4.68 Å². The zero-order valence-electron chi connectivity index (χ0n) is 17.3. The summed E-state index contributed by atoms with van der Waals surface area (Å²) in [4.78, 5) is 20.4. The van der Waals surface area contributed by atoms with Crippen LogP contribution in [-0.4, -0.2) is 48.9 Å². The van der Waals surface area contributed by atoms with E-state index >= 15 is 0 Å². The number of nitrogens with zero attached hydrogens (tertiary/aromatic N) is 4. The van der Waals surface area contributed by atoms with Crippen molar-refractivity contribution >= 4 is 40.9 Å². The molecule has 7 nitrogen and oxygen atoms in total. The van der Waals surface area contributed by atoms with Crippen molar-refractivity contribution in [2.24, 2.45) is 0 Å². The predicted molar refractivity (Wildman–Crippen MR) is 126 cm³/mol. The molecule has 0 bridgehead atoms. The minimum Gasteiger partial charge on any atom is -0.465 e. The molecule has 1 aromatic carbocycles. The monoisotopic (exact) mass is 447 g/mol. The van der Waals surface area contributed by atoms with Gasteiger partial charge in [0.25, 0.3) is 0 Å². The van der Waals surface area contributed by atoms with Crippen molar-refractivity contribution in [1.82, 2.24) is 24.6 Å². The second-order valence-corrected chi connectivity index (χ2v) is 8.34. The number of hydrogen-bond donors (Lipinski definition) is 2. The van der Waals surface area contributed by atoms with Gasteiger partial charge in [0, 0.05) is 58.8 Å². The highest BCUT2D eigenvalue weighted by Gasteiger charge is 2.24. The Hall–Kier alpha value is -3.58. The average Bonchev–Trinajstić information content (AvgIpc) is 3.46. The first-order chi connectivity index (χ1) is 15.6. The van der Waals surface area contributed by atoms with Crippen LogP contribution in [0.4, 0.5) is 4.79 Å². The van der Waals surface area contributed by atoms with Crippen LogP contribution in [-0.2, 0) is 0 Å². The van der Waals surface area contributed by atoms with Gasteiger partial charge in [0.2, 0.25) is 0 Å². The number of fused-ring (bicyclic) bond motifs is 1. The third-order valence-corrected chi connectivity index (χ3v) is 6.30. The van der Waals surface area contributed by atoms with E-state index in [0.29, 0.717) is 18.1 Å². The molecule has 1 saturated heterocycles. The van der Waals surface area contributed by atoms with Gasteiger partial charge < -0.3 is 15.0 Å². The predicted octanol–water partition coefficient (Wildman–Crippen LogP) is 5.57. The minimum atomic E-state index is -0.852. The molecule has 3 aromatic heterocycles. The lowest BCUT2D eigenvalue weighted by Crippen LogP contribution is -2.38. The Bertz CT molecular complexity index is 1300. The zero-order valence-corrected chi connectivity index (χ0v) is 18.0. The fourth-order valence-electron chi connectivity index (χ4n) is 4.12. The Morgan fingerprint density at radius 3 is 2.69 bits per heavy atom. The van der Waals surface area contributed by atoms with E-state index in [1.807, 2.05) is 65.9 Å². The molecule has 162 valence electrons. The lowest BCUT2D eigenvalue weighted by molar-refractivity contribution is 0.124. The van der Waals surface area contributed by atoms with Gasteiger partial charge in [-0.05, 0) is 30.5 Å². The number of benzene rings is 1. The fourth-order valence-corrected chi connectivity index (χ4v) is 4.32. The average molecular weight is 448 g/mol. The Balaban J connectivity index is 1.38. The molecule has 8 heteroatoms. The molecule has 0 aliphatic carbocycles. The summed E-state index contributed by atoms with van der Waals surface area (Å²) in [6, 6.07) is 10.0. The quantitative estimate of drug-likeness (QED) is 0.428.